The van der Waals surface area contributed by atoms with Crippen molar-refractivity contribution in [3.05, 3.63) is 83.7 Å². The molecule has 7 heteroatoms. The lowest BCUT2D eigenvalue weighted by molar-refractivity contribution is -0.122. The van der Waals surface area contributed by atoms with Crippen molar-refractivity contribution < 1.29 is 19.1 Å². The van der Waals surface area contributed by atoms with Gasteiger partial charge in [-0.05, 0) is 68.5 Å². The van der Waals surface area contributed by atoms with E-state index in [1.807, 2.05) is 60.9 Å². The highest BCUT2D eigenvalue weighted by atomic mass is 16.5. The number of rotatable bonds is 5. The zero-order valence-electron chi connectivity index (χ0n) is 17.2. The van der Waals surface area contributed by atoms with E-state index in [0.29, 0.717) is 23.7 Å². The average molecular weight is 415 g/mol. The number of urea groups is 1. The second kappa shape index (κ2) is 8.31. The number of hydrogen-bond donors (Lipinski definition) is 1. The van der Waals surface area contributed by atoms with Gasteiger partial charge in [-0.25, -0.2) is 9.69 Å². The van der Waals surface area contributed by atoms with Crippen LogP contribution in [0.15, 0.2) is 72.3 Å². The van der Waals surface area contributed by atoms with Crippen LogP contribution in [0.3, 0.4) is 0 Å². The van der Waals surface area contributed by atoms with Crippen LogP contribution in [-0.4, -0.2) is 29.0 Å². The Morgan fingerprint density at radius 2 is 1.61 bits per heavy atom. The van der Waals surface area contributed by atoms with Crippen molar-refractivity contribution in [3.8, 4) is 11.4 Å². The summed E-state index contributed by atoms with van der Waals surface area (Å²) in [6, 6.07) is 19.1. The first-order chi connectivity index (χ1) is 15.0. The Kier molecular flexibility index (Phi) is 5.41. The molecule has 1 aliphatic heterocycles. The van der Waals surface area contributed by atoms with Crippen LogP contribution < -0.4 is 15.0 Å². The number of nitrogens with one attached hydrogen (secondary N) is 1. The van der Waals surface area contributed by atoms with E-state index in [9.17, 15) is 14.4 Å². The number of aryl methyl sites for hydroxylation is 1. The van der Waals surface area contributed by atoms with Crippen LogP contribution in [-0.2, 0) is 9.59 Å². The molecule has 1 fully saturated rings. The third-order valence-corrected chi connectivity index (χ3v) is 4.92. The van der Waals surface area contributed by atoms with Gasteiger partial charge in [0.2, 0.25) is 0 Å². The van der Waals surface area contributed by atoms with Crippen molar-refractivity contribution in [1.29, 1.82) is 0 Å². The van der Waals surface area contributed by atoms with Crippen LogP contribution in [0, 0.1) is 6.92 Å². The van der Waals surface area contributed by atoms with Crippen molar-refractivity contribution in [2.75, 3.05) is 11.5 Å². The van der Waals surface area contributed by atoms with E-state index < -0.39 is 17.8 Å². The number of anilines is 1. The highest BCUT2D eigenvalue weighted by Gasteiger charge is 2.37. The van der Waals surface area contributed by atoms with Crippen molar-refractivity contribution >= 4 is 29.6 Å². The Hall–Kier alpha value is -4.13. The predicted molar refractivity (Wildman–Crippen MR) is 117 cm³/mol. The van der Waals surface area contributed by atoms with Crippen molar-refractivity contribution in [2.24, 2.45) is 0 Å². The zero-order valence-corrected chi connectivity index (χ0v) is 17.2. The van der Waals surface area contributed by atoms with Gasteiger partial charge in [-0.1, -0.05) is 18.2 Å². The number of ether oxygens (including phenoxy) is 1. The topological polar surface area (TPSA) is 80.6 Å². The molecule has 4 rings (SSSR count). The summed E-state index contributed by atoms with van der Waals surface area (Å²) in [6.45, 7) is 4.31. The first kappa shape index (κ1) is 20.2. The zero-order chi connectivity index (χ0) is 22.0. The average Bonchev–Trinajstić information content (AvgIpc) is 3.13. The summed E-state index contributed by atoms with van der Waals surface area (Å²) >= 11 is 0. The van der Waals surface area contributed by atoms with E-state index in [0.717, 1.165) is 16.3 Å². The number of benzene rings is 2. The number of nitrogens with zero attached hydrogens (tertiary/aromatic N) is 2. The monoisotopic (exact) mass is 415 g/mol. The van der Waals surface area contributed by atoms with Crippen LogP contribution in [0.1, 0.15) is 18.3 Å². The first-order valence-electron chi connectivity index (χ1n) is 9.87. The van der Waals surface area contributed by atoms with E-state index in [-0.39, 0.29) is 5.57 Å². The number of carbonyl (C=O) groups is 3. The number of para-hydroxylation sites is 1. The number of amides is 4. The fourth-order valence-corrected chi connectivity index (χ4v) is 3.50. The first-order valence-corrected chi connectivity index (χ1v) is 9.87. The Labute approximate surface area is 179 Å². The summed E-state index contributed by atoms with van der Waals surface area (Å²) < 4.78 is 7.34. The lowest BCUT2D eigenvalue weighted by atomic mass is 10.1. The lowest BCUT2D eigenvalue weighted by Gasteiger charge is -2.26. The fourth-order valence-electron chi connectivity index (χ4n) is 3.50. The van der Waals surface area contributed by atoms with Crippen LogP contribution >= 0.6 is 0 Å². The Bertz CT molecular complexity index is 1180. The van der Waals surface area contributed by atoms with Crippen LogP contribution in [0.25, 0.3) is 11.8 Å². The van der Waals surface area contributed by atoms with Crippen LogP contribution in [0.5, 0.6) is 5.75 Å². The summed E-state index contributed by atoms with van der Waals surface area (Å²) in [6.07, 6.45) is 1.51. The smallest absolute Gasteiger partial charge is 0.335 e. The summed E-state index contributed by atoms with van der Waals surface area (Å²) in [5, 5.41) is 2.25. The fraction of sp³-hybridized carbons (Fsp3) is 0.125. The quantitative estimate of drug-likeness (QED) is 0.507. The molecule has 156 valence electrons. The normalized spacial score (nSPS) is 15.4. The summed E-state index contributed by atoms with van der Waals surface area (Å²) in [5.74, 6) is -0.786. The van der Waals surface area contributed by atoms with Gasteiger partial charge in [0, 0.05) is 17.1 Å². The maximum atomic E-state index is 13.2. The highest BCUT2D eigenvalue weighted by molar-refractivity contribution is 6.39. The molecule has 4 amide bonds. The molecule has 2 aromatic carbocycles. The van der Waals surface area contributed by atoms with Gasteiger partial charge >= 0.3 is 6.03 Å². The highest BCUT2D eigenvalue weighted by Crippen LogP contribution is 2.25. The standard InChI is InChI=1S/C24H21N3O4/c1-3-31-20-13-11-18(12-14-20)27-23(29)21(22(28)25-24(27)30)15-19-10-9-16(2)26(19)17-7-5-4-6-8-17/h4-15H,3H2,1-2H3,(H,25,28,30)/b21-15+. The van der Waals surface area contributed by atoms with Crippen molar-refractivity contribution in [1.82, 2.24) is 9.88 Å². The molecular formula is C24H21N3O4. The molecule has 0 unspecified atom stereocenters. The molecule has 0 aliphatic carbocycles. The summed E-state index contributed by atoms with van der Waals surface area (Å²) in [7, 11) is 0. The number of imide groups is 2. The van der Waals surface area contributed by atoms with Gasteiger partial charge in [0.05, 0.1) is 12.3 Å². The molecular weight excluding hydrogens is 394 g/mol. The van der Waals surface area contributed by atoms with Crippen LogP contribution in [0.4, 0.5) is 10.5 Å². The molecule has 0 atom stereocenters. The molecule has 1 aliphatic rings. The second-order valence-electron chi connectivity index (χ2n) is 6.96. The minimum Gasteiger partial charge on any atom is -0.494 e. The van der Waals surface area contributed by atoms with Crippen molar-refractivity contribution in [3.63, 3.8) is 0 Å². The maximum Gasteiger partial charge on any atom is 0.335 e. The molecule has 31 heavy (non-hydrogen) atoms. The number of barbiturate groups is 1. The lowest BCUT2D eigenvalue weighted by Crippen LogP contribution is -2.54. The molecule has 0 saturated carbocycles. The van der Waals surface area contributed by atoms with E-state index in [1.54, 1.807) is 24.3 Å². The van der Waals surface area contributed by atoms with E-state index >= 15 is 0 Å². The van der Waals surface area contributed by atoms with Gasteiger partial charge in [-0.2, -0.15) is 0 Å². The van der Waals surface area contributed by atoms with Gasteiger partial charge in [-0.15, -0.1) is 0 Å². The van der Waals surface area contributed by atoms with Gasteiger partial charge in [-0.3, -0.25) is 14.9 Å². The Morgan fingerprint density at radius 1 is 0.903 bits per heavy atom. The Balaban J connectivity index is 1.72. The minimum absolute atomic E-state index is 0.122. The molecule has 1 N–H and O–H groups in total. The maximum absolute atomic E-state index is 13.2. The summed E-state index contributed by atoms with van der Waals surface area (Å²) in [5.41, 5.74) is 2.73. The number of carbonyl (C=O) groups excluding carboxylic acids is 3. The van der Waals surface area contributed by atoms with E-state index in [2.05, 4.69) is 5.32 Å². The Morgan fingerprint density at radius 3 is 2.29 bits per heavy atom. The van der Waals surface area contributed by atoms with Gasteiger partial charge in [0.15, 0.2) is 0 Å². The van der Waals surface area contributed by atoms with Crippen molar-refractivity contribution in [2.45, 2.75) is 13.8 Å². The molecule has 1 saturated heterocycles. The molecule has 0 radical (unpaired) electrons. The van der Waals surface area contributed by atoms with E-state index in [4.69, 9.17) is 4.74 Å². The van der Waals surface area contributed by atoms with Gasteiger partial charge in [0.25, 0.3) is 11.8 Å². The molecule has 1 aromatic heterocycles. The molecule has 0 bridgehead atoms. The largest absolute Gasteiger partial charge is 0.494 e. The van der Waals surface area contributed by atoms with Gasteiger partial charge < -0.3 is 9.30 Å². The van der Waals surface area contributed by atoms with Gasteiger partial charge in [0.1, 0.15) is 11.3 Å². The minimum atomic E-state index is -0.786. The number of hydrogen-bond acceptors (Lipinski definition) is 4. The van der Waals surface area contributed by atoms with E-state index in [1.165, 1.54) is 6.08 Å². The van der Waals surface area contributed by atoms with Crippen LogP contribution in [0.2, 0.25) is 0 Å². The third kappa shape index (κ3) is 3.85. The number of aromatic nitrogens is 1. The molecule has 2 heterocycles. The second-order valence-corrected chi connectivity index (χ2v) is 6.96. The third-order valence-electron chi connectivity index (χ3n) is 4.92. The molecule has 7 nitrogen and oxygen atoms in total. The molecule has 0 spiro atoms. The molecule has 3 aromatic rings. The SMILES string of the molecule is CCOc1ccc(N2C(=O)NC(=O)/C(=C\c3ccc(C)n3-c3ccccc3)C2=O)cc1. The predicted octanol–water partition coefficient (Wildman–Crippen LogP) is 3.85. The summed E-state index contributed by atoms with van der Waals surface area (Å²) in [4.78, 5) is 39.0.